The highest BCUT2D eigenvalue weighted by Gasteiger charge is 2.33. The quantitative estimate of drug-likeness (QED) is 0.525. The van der Waals surface area contributed by atoms with Crippen LogP contribution in [0.25, 0.3) is 0 Å². The molecular weight excluding hydrogens is 228 g/mol. The highest BCUT2D eigenvalue weighted by Crippen LogP contribution is 2.15. The van der Waals surface area contributed by atoms with Gasteiger partial charge >= 0.3 is 0 Å². The molecule has 0 aliphatic rings. The Kier molecular flexibility index (Phi) is 6.89. The van der Waals surface area contributed by atoms with Gasteiger partial charge in [-0.05, 0) is 33.1 Å². The highest BCUT2D eigenvalue weighted by atomic mass is 28.4. The molecule has 0 aliphatic carbocycles. The van der Waals surface area contributed by atoms with Gasteiger partial charge in [-0.2, -0.15) is 0 Å². The lowest BCUT2D eigenvalue weighted by molar-refractivity contribution is 0.0156. The first-order valence-electron chi connectivity index (χ1n) is 5.29. The lowest BCUT2D eigenvalue weighted by atomic mass is 10.9. The highest BCUT2D eigenvalue weighted by molar-refractivity contribution is 6.84. The standard InChI is InChI=1S/C9H24O4Si2/c1-6-11-8-14(2,3)13-15(4,5)9-12-7-10/h10H,6-9H2,1-5H3. The van der Waals surface area contributed by atoms with Crippen LogP contribution in [0.1, 0.15) is 6.92 Å². The zero-order chi connectivity index (χ0) is 11.9. The van der Waals surface area contributed by atoms with Crippen LogP contribution in [0.4, 0.5) is 0 Å². The van der Waals surface area contributed by atoms with Gasteiger partial charge in [-0.25, -0.2) is 0 Å². The second-order valence-electron chi connectivity index (χ2n) is 4.74. The Bertz CT molecular complexity index is 155. The van der Waals surface area contributed by atoms with Crippen molar-refractivity contribution >= 4 is 16.6 Å². The first-order valence-corrected chi connectivity index (χ1v) is 11.5. The molecule has 1 N–H and O–H groups in total. The fourth-order valence-electron chi connectivity index (χ4n) is 1.45. The van der Waals surface area contributed by atoms with E-state index < -0.39 is 16.6 Å². The summed E-state index contributed by atoms with van der Waals surface area (Å²) in [6, 6.07) is 0. The summed E-state index contributed by atoms with van der Waals surface area (Å²) in [5.74, 6) is 0. The fraction of sp³-hybridized carbons (Fsp3) is 1.00. The minimum absolute atomic E-state index is 0.229. The van der Waals surface area contributed by atoms with Gasteiger partial charge in [-0.3, -0.25) is 0 Å². The maximum Gasteiger partial charge on any atom is 0.199 e. The van der Waals surface area contributed by atoms with E-state index in [9.17, 15) is 0 Å². The van der Waals surface area contributed by atoms with Gasteiger partial charge in [0.15, 0.2) is 16.6 Å². The molecule has 0 unspecified atom stereocenters. The molecule has 92 valence electrons. The third kappa shape index (κ3) is 8.12. The predicted octanol–water partition coefficient (Wildman–Crippen LogP) is 1.49. The molecule has 0 saturated heterocycles. The Balaban J connectivity index is 4.04. The molecule has 0 aromatic heterocycles. The molecule has 0 atom stereocenters. The maximum absolute atomic E-state index is 8.60. The van der Waals surface area contributed by atoms with E-state index in [4.69, 9.17) is 18.7 Å². The van der Waals surface area contributed by atoms with E-state index in [2.05, 4.69) is 26.2 Å². The van der Waals surface area contributed by atoms with E-state index in [1.165, 1.54) is 0 Å². The SMILES string of the molecule is CCOC[Si](C)(C)O[Si](C)(C)COCO. The van der Waals surface area contributed by atoms with Gasteiger partial charge in [0.05, 0.1) is 12.5 Å². The van der Waals surface area contributed by atoms with E-state index >= 15 is 0 Å². The van der Waals surface area contributed by atoms with Crippen molar-refractivity contribution in [1.82, 2.24) is 0 Å². The molecule has 6 heteroatoms. The van der Waals surface area contributed by atoms with E-state index in [0.29, 0.717) is 6.23 Å². The molecule has 0 bridgehead atoms. The molecule has 0 radical (unpaired) electrons. The largest absolute Gasteiger partial charge is 0.453 e. The van der Waals surface area contributed by atoms with Crippen molar-refractivity contribution in [3.63, 3.8) is 0 Å². The summed E-state index contributed by atoms with van der Waals surface area (Å²) in [4.78, 5) is 0. The van der Waals surface area contributed by atoms with E-state index in [-0.39, 0.29) is 6.79 Å². The van der Waals surface area contributed by atoms with Crippen LogP contribution in [0.2, 0.25) is 26.2 Å². The summed E-state index contributed by atoms with van der Waals surface area (Å²) in [6.07, 6.45) is 1.26. The number of hydrogen-bond acceptors (Lipinski definition) is 4. The summed E-state index contributed by atoms with van der Waals surface area (Å²) < 4.78 is 16.6. The van der Waals surface area contributed by atoms with Crippen LogP contribution in [-0.2, 0) is 13.6 Å². The van der Waals surface area contributed by atoms with Gasteiger partial charge in [0, 0.05) is 6.61 Å². The molecular formula is C9H24O4Si2. The molecule has 0 amide bonds. The van der Waals surface area contributed by atoms with Crippen LogP contribution in [0.15, 0.2) is 0 Å². The molecule has 0 aromatic carbocycles. The van der Waals surface area contributed by atoms with E-state index in [1.54, 1.807) is 0 Å². The fourth-order valence-corrected chi connectivity index (χ4v) is 9.18. The zero-order valence-electron chi connectivity index (χ0n) is 10.5. The average molecular weight is 252 g/mol. The predicted molar refractivity (Wildman–Crippen MR) is 65.6 cm³/mol. The summed E-state index contributed by atoms with van der Waals surface area (Å²) in [7, 11) is -3.54. The molecule has 4 nitrogen and oxygen atoms in total. The smallest absolute Gasteiger partial charge is 0.199 e. The van der Waals surface area contributed by atoms with E-state index in [0.717, 1.165) is 12.8 Å². The van der Waals surface area contributed by atoms with Crippen LogP contribution in [-0.4, -0.2) is 47.6 Å². The van der Waals surface area contributed by atoms with E-state index in [1.807, 2.05) is 6.92 Å². The molecule has 0 aliphatic heterocycles. The zero-order valence-corrected chi connectivity index (χ0v) is 12.5. The van der Waals surface area contributed by atoms with Gasteiger partial charge in [0.1, 0.15) is 6.79 Å². The van der Waals surface area contributed by atoms with Gasteiger partial charge in [-0.1, -0.05) is 0 Å². The van der Waals surface area contributed by atoms with Gasteiger partial charge < -0.3 is 18.7 Å². The van der Waals surface area contributed by atoms with Gasteiger partial charge in [0.2, 0.25) is 0 Å². The second-order valence-corrected chi connectivity index (χ2v) is 13.2. The van der Waals surface area contributed by atoms with Crippen molar-refractivity contribution in [2.75, 3.05) is 25.9 Å². The molecule has 0 aromatic rings. The Labute approximate surface area is 94.8 Å². The Morgan fingerprint density at radius 1 is 0.933 bits per heavy atom. The van der Waals surface area contributed by atoms with Crippen molar-refractivity contribution in [1.29, 1.82) is 0 Å². The summed E-state index contributed by atoms with van der Waals surface area (Å²) in [6.45, 7) is 11.0. The van der Waals surface area contributed by atoms with Crippen LogP contribution < -0.4 is 0 Å². The number of ether oxygens (including phenoxy) is 2. The van der Waals surface area contributed by atoms with Gasteiger partial charge in [0.25, 0.3) is 0 Å². The number of hydrogen-bond donors (Lipinski definition) is 1. The summed E-state index contributed by atoms with van der Waals surface area (Å²) in [5.41, 5.74) is 0. The Morgan fingerprint density at radius 3 is 1.80 bits per heavy atom. The molecule has 0 fully saturated rings. The minimum Gasteiger partial charge on any atom is -0.453 e. The van der Waals surface area contributed by atoms with Crippen LogP contribution in [0.5, 0.6) is 0 Å². The molecule has 0 heterocycles. The number of aliphatic hydroxyl groups is 1. The number of rotatable bonds is 8. The van der Waals surface area contributed by atoms with Crippen LogP contribution in [0, 0.1) is 0 Å². The van der Waals surface area contributed by atoms with Crippen LogP contribution in [0.3, 0.4) is 0 Å². The van der Waals surface area contributed by atoms with Crippen molar-refractivity contribution in [2.45, 2.75) is 33.1 Å². The first-order chi connectivity index (χ1) is 6.83. The normalized spacial score (nSPS) is 13.2. The monoisotopic (exact) mass is 252 g/mol. The lowest BCUT2D eigenvalue weighted by Gasteiger charge is -2.33. The molecule has 15 heavy (non-hydrogen) atoms. The summed E-state index contributed by atoms with van der Waals surface area (Å²) >= 11 is 0. The molecule has 0 saturated carbocycles. The maximum atomic E-state index is 8.60. The van der Waals surface area contributed by atoms with Crippen molar-refractivity contribution < 1.29 is 18.7 Å². The summed E-state index contributed by atoms with van der Waals surface area (Å²) in [5, 5.41) is 8.60. The first kappa shape index (κ1) is 15.3. The van der Waals surface area contributed by atoms with Gasteiger partial charge in [-0.15, -0.1) is 0 Å². The molecule has 0 rings (SSSR count). The number of aliphatic hydroxyl groups excluding tert-OH is 1. The van der Waals surface area contributed by atoms with Crippen molar-refractivity contribution in [2.24, 2.45) is 0 Å². The third-order valence-corrected chi connectivity index (χ3v) is 7.97. The van der Waals surface area contributed by atoms with Crippen LogP contribution >= 0.6 is 0 Å². The average Bonchev–Trinajstić information content (AvgIpc) is 2.10. The minimum atomic E-state index is -1.81. The lowest BCUT2D eigenvalue weighted by Crippen LogP contribution is -2.50. The Morgan fingerprint density at radius 2 is 1.40 bits per heavy atom. The Hall–Kier alpha value is 0.274. The molecule has 0 spiro atoms. The van der Waals surface area contributed by atoms with Crippen molar-refractivity contribution in [3.8, 4) is 0 Å². The third-order valence-electron chi connectivity index (χ3n) is 1.75. The second kappa shape index (κ2) is 6.77. The topological polar surface area (TPSA) is 47.9 Å². The van der Waals surface area contributed by atoms with Crippen molar-refractivity contribution in [3.05, 3.63) is 0 Å².